The van der Waals surface area contributed by atoms with Gasteiger partial charge in [-0.15, -0.1) is 0 Å². The maximum Gasteiger partial charge on any atom is 0.179 e. The zero-order valence-electron chi connectivity index (χ0n) is 11.8. The Morgan fingerprint density at radius 2 is 2.15 bits per heavy atom. The van der Waals surface area contributed by atoms with E-state index in [1.54, 1.807) is 0 Å². The number of rotatable bonds is 3. The summed E-state index contributed by atoms with van der Waals surface area (Å²) in [7, 11) is 0. The molecule has 0 saturated carbocycles. The lowest BCUT2D eigenvalue weighted by Crippen LogP contribution is -2.32. The molecule has 0 aromatic heterocycles. The van der Waals surface area contributed by atoms with Gasteiger partial charge in [-0.1, -0.05) is 18.5 Å². The van der Waals surface area contributed by atoms with Crippen molar-refractivity contribution in [1.29, 1.82) is 0 Å². The molecule has 1 fully saturated rings. The predicted molar refractivity (Wildman–Crippen MR) is 79.6 cm³/mol. The minimum Gasteiger partial charge on any atom is -0.486 e. The van der Waals surface area contributed by atoms with Gasteiger partial charge in [-0.05, 0) is 37.1 Å². The van der Waals surface area contributed by atoms with Crippen LogP contribution in [0.25, 0.3) is 0 Å². The molecular formula is C15H21ClN2O2. The van der Waals surface area contributed by atoms with E-state index in [-0.39, 0.29) is 12.1 Å². The van der Waals surface area contributed by atoms with Crippen LogP contribution in [0.1, 0.15) is 31.4 Å². The lowest BCUT2D eigenvalue weighted by molar-refractivity contribution is 0.170. The summed E-state index contributed by atoms with van der Waals surface area (Å²) < 4.78 is 11.2. The monoisotopic (exact) mass is 296 g/mol. The van der Waals surface area contributed by atoms with Gasteiger partial charge in [0.2, 0.25) is 0 Å². The zero-order valence-corrected chi connectivity index (χ0v) is 12.5. The Balaban J connectivity index is 1.94. The van der Waals surface area contributed by atoms with E-state index in [1.807, 2.05) is 12.1 Å². The molecule has 0 spiro atoms. The van der Waals surface area contributed by atoms with Crippen LogP contribution in [0.2, 0.25) is 5.02 Å². The highest BCUT2D eigenvalue weighted by molar-refractivity contribution is 6.32. The van der Waals surface area contributed by atoms with E-state index in [2.05, 4.69) is 11.8 Å². The van der Waals surface area contributed by atoms with E-state index in [0.717, 1.165) is 37.2 Å². The summed E-state index contributed by atoms with van der Waals surface area (Å²) >= 11 is 6.33. The van der Waals surface area contributed by atoms with Gasteiger partial charge in [0.25, 0.3) is 0 Å². The Morgan fingerprint density at radius 1 is 1.35 bits per heavy atom. The summed E-state index contributed by atoms with van der Waals surface area (Å²) in [5.41, 5.74) is 7.44. The third-order valence-electron chi connectivity index (χ3n) is 4.02. The lowest BCUT2D eigenvalue weighted by Gasteiger charge is -2.28. The molecule has 4 nitrogen and oxygen atoms in total. The first kappa shape index (κ1) is 14.0. The Kier molecular flexibility index (Phi) is 4.06. The van der Waals surface area contributed by atoms with Gasteiger partial charge in [0, 0.05) is 12.6 Å². The normalized spacial score (nSPS) is 25.9. The van der Waals surface area contributed by atoms with Gasteiger partial charge >= 0.3 is 0 Å². The molecule has 0 radical (unpaired) electrons. The van der Waals surface area contributed by atoms with Crippen LogP contribution in [0.5, 0.6) is 11.5 Å². The van der Waals surface area contributed by atoms with Gasteiger partial charge in [0.05, 0.1) is 11.1 Å². The van der Waals surface area contributed by atoms with Crippen LogP contribution in [0.4, 0.5) is 0 Å². The molecule has 1 saturated heterocycles. The van der Waals surface area contributed by atoms with Crippen molar-refractivity contribution in [3.05, 3.63) is 22.7 Å². The summed E-state index contributed by atoms with van der Waals surface area (Å²) in [5, 5.41) is 0.618. The van der Waals surface area contributed by atoms with Crippen LogP contribution in [-0.2, 0) is 0 Å². The minimum absolute atomic E-state index is 0.153. The first-order valence-electron chi connectivity index (χ1n) is 7.29. The van der Waals surface area contributed by atoms with Crippen molar-refractivity contribution in [3.63, 3.8) is 0 Å². The van der Waals surface area contributed by atoms with Crippen molar-refractivity contribution in [2.24, 2.45) is 5.73 Å². The Bertz CT molecular complexity index is 493. The molecule has 5 heteroatoms. The van der Waals surface area contributed by atoms with Crippen LogP contribution in [-0.4, -0.2) is 37.2 Å². The molecule has 0 aliphatic carbocycles. The van der Waals surface area contributed by atoms with Crippen LogP contribution < -0.4 is 15.2 Å². The van der Waals surface area contributed by atoms with Crippen LogP contribution in [0.15, 0.2) is 12.1 Å². The highest BCUT2D eigenvalue weighted by Gasteiger charge is 2.33. The predicted octanol–water partition coefficient (Wildman–Crippen LogP) is 2.60. The fraction of sp³-hybridized carbons (Fsp3) is 0.600. The summed E-state index contributed by atoms with van der Waals surface area (Å²) in [6.07, 6.45) is 2.15. The molecule has 1 aromatic carbocycles. The Hall–Kier alpha value is -0.970. The first-order valence-corrected chi connectivity index (χ1v) is 7.67. The van der Waals surface area contributed by atoms with Gasteiger partial charge in [-0.3, -0.25) is 4.90 Å². The Morgan fingerprint density at radius 3 is 2.95 bits per heavy atom. The molecule has 3 rings (SSSR count). The second kappa shape index (κ2) is 5.80. The molecule has 0 amide bonds. The molecule has 2 aliphatic rings. The van der Waals surface area contributed by atoms with E-state index in [9.17, 15) is 0 Å². The molecule has 2 N–H and O–H groups in total. The summed E-state index contributed by atoms with van der Waals surface area (Å²) in [6, 6.07) is 4.40. The number of nitrogens with zero attached hydrogens (tertiary/aromatic N) is 1. The fourth-order valence-electron chi connectivity index (χ4n) is 3.18. The topological polar surface area (TPSA) is 47.7 Å². The quantitative estimate of drug-likeness (QED) is 0.931. The number of nitrogens with two attached hydrogens (primary N) is 1. The van der Waals surface area contributed by atoms with Gasteiger partial charge in [-0.25, -0.2) is 0 Å². The third kappa shape index (κ3) is 2.48. The standard InChI is InChI=1S/C15H21ClN2O2/c1-2-4-18-5-3-12(17)14(18)10-8-11(16)15-13(9-10)19-6-7-20-15/h8-9,12,14H,2-7,17H2,1H3. The first-order chi connectivity index (χ1) is 9.70. The number of likely N-dealkylation sites (tertiary alicyclic amines) is 1. The van der Waals surface area contributed by atoms with Gasteiger partial charge in [-0.2, -0.15) is 0 Å². The maximum atomic E-state index is 6.33. The Labute approximate surface area is 124 Å². The van der Waals surface area contributed by atoms with Crippen LogP contribution >= 0.6 is 11.6 Å². The molecule has 2 aliphatic heterocycles. The van der Waals surface area contributed by atoms with Gasteiger partial charge in [0.1, 0.15) is 13.2 Å². The SMILES string of the molecule is CCCN1CCC(N)C1c1cc(Cl)c2c(c1)OCCO2. The van der Waals surface area contributed by atoms with Crippen molar-refractivity contribution < 1.29 is 9.47 Å². The highest BCUT2D eigenvalue weighted by atomic mass is 35.5. The number of halogens is 1. The summed E-state index contributed by atoms with van der Waals surface area (Å²) in [6.45, 7) is 5.42. The fourth-order valence-corrected chi connectivity index (χ4v) is 3.45. The summed E-state index contributed by atoms with van der Waals surface area (Å²) in [5.74, 6) is 1.41. The second-order valence-corrected chi connectivity index (χ2v) is 5.87. The average molecular weight is 297 g/mol. The van der Waals surface area contributed by atoms with Crippen molar-refractivity contribution in [1.82, 2.24) is 4.90 Å². The van der Waals surface area contributed by atoms with E-state index >= 15 is 0 Å². The number of fused-ring (bicyclic) bond motifs is 1. The van der Waals surface area contributed by atoms with Crippen molar-refractivity contribution in [2.45, 2.75) is 31.8 Å². The number of hydrogen-bond donors (Lipinski definition) is 1. The van der Waals surface area contributed by atoms with E-state index in [0.29, 0.717) is 24.0 Å². The number of hydrogen-bond acceptors (Lipinski definition) is 4. The molecule has 1 aromatic rings. The maximum absolute atomic E-state index is 6.33. The van der Waals surface area contributed by atoms with Gasteiger partial charge in [0.15, 0.2) is 11.5 Å². The van der Waals surface area contributed by atoms with Crippen molar-refractivity contribution in [3.8, 4) is 11.5 Å². The minimum atomic E-state index is 0.153. The van der Waals surface area contributed by atoms with E-state index in [1.165, 1.54) is 0 Å². The molecular weight excluding hydrogens is 276 g/mol. The summed E-state index contributed by atoms with van der Waals surface area (Å²) in [4.78, 5) is 2.44. The van der Waals surface area contributed by atoms with Crippen LogP contribution in [0, 0.1) is 0 Å². The molecule has 110 valence electrons. The number of ether oxygens (including phenoxy) is 2. The molecule has 2 unspecified atom stereocenters. The third-order valence-corrected chi connectivity index (χ3v) is 4.30. The largest absolute Gasteiger partial charge is 0.486 e. The van der Waals surface area contributed by atoms with E-state index in [4.69, 9.17) is 26.8 Å². The van der Waals surface area contributed by atoms with Crippen molar-refractivity contribution in [2.75, 3.05) is 26.3 Å². The lowest BCUT2D eigenvalue weighted by atomic mass is 10.00. The van der Waals surface area contributed by atoms with Crippen molar-refractivity contribution >= 4 is 11.6 Å². The second-order valence-electron chi connectivity index (χ2n) is 5.46. The average Bonchev–Trinajstić information content (AvgIpc) is 2.80. The molecule has 0 bridgehead atoms. The van der Waals surface area contributed by atoms with E-state index < -0.39 is 0 Å². The zero-order chi connectivity index (χ0) is 14.1. The molecule has 2 atom stereocenters. The number of benzene rings is 1. The molecule has 20 heavy (non-hydrogen) atoms. The van der Waals surface area contributed by atoms with Gasteiger partial charge < -0.3 is 15.2 Å². The smallest absolute Gasteiger partial charge is 0.179 e. The highest BCUT2D eigenvalue weighted by Crippen LogP contribution is 2.42. The molecule has 2 heterocycles. The van der Waals surface area contributed by atoms with Crippen LogP contribution in [0.3, 0.4) is 0 Å².